The van der Waals surface area contributed by atoms with Crippen LogP contribution >= 0.6 is 11.8 Å². The largest absolute Gasteiger partial charge is 0.481 e. The van der Waals surface area contributed by atoms with Crippen LogP contribution in [-0.2, 0) is 9.59 Å². The van der Waals surface area contributed by atoms with Crippen LogP contribution in [0, 0.1) is 0 Å². The van der Waals surface area contributed by atoms with Crippen molar-refractivity contribution in [2.24, 2.45) is 0 Å². The van der Waals surface area contributed by atoms with Crippen LogP contribution in [0.3, 0.4) is 0 Å². The molecule has 0 aromatic rings. The zero-order valence-electron chi connectivity index (χ0n) is 9.41. The molecule has 2 N–H and O–H groups in total. The number of carboxylic acid groups (broad SMARTS) is 1. The van der Waals surface area contributed by atoms with E-state index in [-0.39, 0.29) is 12.3 Å². The van der Waals surface area contributed by atoms with Crippen molar-refractivity contribution in [3.05, 3.63) is 0 Å². The summed E-state index contributed by atoms with van der Waals surface area (Å²) >= 11 is 1.88. The third-order valence-corrected chi connectivity index (χ3v) is 3.97. The standard InChI is InChI=1S/C11H19NO3S/c13-10(12-6-3-5-11(14)15)8-9-4-1-2-7-16-9/h9H,1-8H2,(H,12,13)(H,14,15). The van der Waals surface area contributed by atoms with E-state index in [1.165, 1.54) is 12.8 Å². The van der Waals surface area contributed by atoms with Crippen LogP contribution in [0.2, 0.25) is 0 Å². The van der Waals surface area contributed by atoms with Gasteiger partial charge in [-0.2, -0.15) is 11.8 Å². The maximum absolute atomic E-state index is 11.5. The average molecular weight is 245 g/mol. The number of thioether (sulfide) groups is 1. The Balaban J connectivity index is 2.03. The Labute approximate surface area is 100 Å². The molecule has 0 spiro atoms. The van der Waals surface area contributed by atoms with Crippen LogP contribution < -0.4 is 5.32 Å². The fourth-order valence-corrected chi connectivity index (χ4v) is 3.02. The van der Waals surface area contributed by atoms with E-state index in [9.17, 15) is 9.59 Å². The summed E-state index contributed by atoms with van der Waals surface area (Å²) in [6.45, 7) is 0.475. The van der Waals surface area contributed by atoms with Crippen LogP contribution in [0.15, 0.2) is 0 Å². The number of hydrogen-bond acceptors (Lipinski definition) is 3. The average Bonchev–Trinajstić information content (AvgIpc) is 2.25. The maximum Gasteiger partial charge on any atom is 0.303 e. The van der Waals surface area contributed by atoms with Gasteiger partial charge >= 0.3 is 5.97 Å². The molecule has 1 amide bonds. The van der Waals surface area contributed by atoms with Crippen molar-refractivity contribution in [1.29, 1.82) is 0 Å². The quantitative estimate of drug-likeness (QED) is 0.698. The second-order valence-electron chi connectivity index (χ2n) is 4.04. The Morgan fingerprint density at radius 2 is 2.19 bits per heavy atom. The van der Waals surface area contributed by atoms with Gasteiger partial charge in [0, 0.05) is 24.6 Å². The minimum atomic E-state index is -0.808. The Morgan fingerprint density at radius 3 is 2.81 bits per heavy atom. The molecule has 0 aliphatic carbocycles. The summed E-state index contributed by atoms with van der Waals surface area (Å²) in [5, 5.41) is 11.7. The highest BCUT2D eigenvalue weighted by Gasteiger charge is 2.17. The van der Waals surface area contributed by atoms with Crippen molar-refractivity contribution in [2.75, 3.05) is 12.3 Å². The minimum Gasteiger partial charge on any atom is -0.481 e. The van der Waals surface area contributed by atoms with Crippen molar-refractivity contribution in [3.63, 3.8) is 0 Å². The van der Waals surface area contributed by atoms with Gasteiger partial charge < -0.3 is 10.4 Å². The molecule has 1 saturated heterocycles. The van der Waals surface area contributed by atoms with E-state index < -0.39 is 5.97 Å². The predicted octanol–water partition coefficient (Wildman–Crippen LogP) is 1.64. The summed E-state index contributed by atoms with van der Waals surface area (Å²) in [4.78, 5) is 21.7. The van der Waals surface area contributed by atoms with Gasteiger partial charge in [0.1, 0.15) is 0 Å². The lowest BCUT2D eigenvalue weighted by molar-refractivity contribution is -0.137. The summed E-state index contributed by atoms with van der Waals surface area (Å²) in [6, 6.07) is 0. The van der Waals surface area contributed by atoms with E-state index in [1.54, 1.807) is 0 Å². The summed E-state index contributed by atoms with van der Waals surface area (Å²) in [5.41, 5.74) is 0. The second-order valence-corrected chi connectivity index (χ2v) is 5.45. The first-order valence-corrected chi connectivity index (χ1v) is 6.83. The smallest absolute Gasteiger partial charge is 0.303 e. The maximum atomic E-state index is 11.5. The molecule has 1 atom stereocenters. The summed E-state index contributed by atoms with van der Waals surface area (Å²) < 4.78 is 0. The van der Waals surface area contributed by atoms with Gasteiger partial charge in [0.05, 0.1) is 0 Å². The zero-order valence-corrected chi connectivity index (χ0v) is 10.2. The van der Waals surface area contributed by atoms with E-state index in [0.717, 1.165) is 12.2 Å². The molecule has 0 aromatic heterocycles. The molecule has 4 nitrogen and oxygen atoms in total. The van der Waals surface area contributed by atoms with Gasteiger partial charge in [-0.1, -0.05) is 6.42 Å². The van der Waals surface area contributed by atoms with Gasteiger partial charge in [-0.15, -0.1) is 0 Å². The molecule has 92 valence electrons. The molecule has 1 aliphatic heterocycles. The molecule has 1 rings (SSSR count). The number of nitrogens with one attached hydrogen (secondary N) is 1. The van der Waals surface area contributed by atoms with Crippen molar-refractivity contribution >= 4 is 23.6 Å². The van der Waals surface area contributed by atoms with Gasteiger partial charge in [0.25, 0.3) is 0 Å². The van der Waals surface area contributed by atoms with Gasteiger partial charge in [0.15, 0.2) is 0 Å². The summed E-state index contributed by atoms with van der Waals surface area (Å²) in [5.74, 6) is 0.415. The highest BCUT2D eigenvalue weighted by molar-refractivity contribution is 7.99. The fourth-order valence-electron chi connectivity index (χ4n) is 1.71. The second kappa shape index (κ2) is 7.54. The van der Waals surface area contributed by atoms with Crippen LogP contribution in [0.5, 0.6) is 0 Å². The van der Waals surface area contributed by atoms with E-state index in [0.29, 0.717) is 24.6 Å². The molecule has 0 aromatic carbocycles. The van der Waals surface area contributed by atoms with Crippen LogP contribution in [0.1, 0.15) is 38.5 Å². The number of carbonyl (C=O) groups is 2. The number of carbonyl (C=O) groups excluding carboxylic acids is 1. The summed E-state index contributed by atoms with van der Waals surface area (Å²) in [6.07, 6.45) is 4.84. The first-order valence-electron chi connectivity index (χ1n) is 5.78. The van der Waals surface area contributed by atoms with Crippen LogP contribution in [0.4, 0.5) is 0 Å². The Bertz CT molecular complexity index is 239. The number of rotatable bonds is 6. The third-order valence-electron chi connectivity index (χ3n) is 2.58. The molecule has 1 fully saturated rings. The molecule has 1 heterocycles. The van der Waals surface area contributed by atoms with E-state index in [4.69, 9.17) is 5.11 Å². The lowest BCUT2D eigenvalue weighted by Gasteiger charge is -2.20. The van der Waals surface area contributed by atoms with Crippen molar-refractivity contribution in [1.82, 2.24) is 5.32 Å². The Kier molecular flexibility index (Phi) is 6.30. The molecule has 16 heavy (non-hydrogen) atoms. The lowest BCUT2D eigenvalue weighted by atomic mass is 10.1. The fraction of sp³-hybridized carbons (Fsp3) is 0.818. The predicted molar refractivity (Wildman–Crippen MR) is 64.6 cm³/mol. The minimum absolute atomic E-state index is 0.0600. The number of amides is 1. The Hall–Kier alpha value is -0.710. The van der Waals surface area contributed by atoms with Crippen LogP contribution in [0.25, 0.3) is 0 Å². The first-order chi connectivity index (χ1) is 7.68. The topological polar surface area (TPSA) is 66.4 Å². The van der Waals surface area contributed by atoms with Gasteiger partial charge in [0.2, 0.25) is 5.91 Å². The molecular formula is C11H19NO3S. The zero-order chi connectivity index (χ0) is 11.8. The van der Waals surface area contributed by atoms with E-state index in [2.05, 4.69) is 5.32 Å². The van der Waals surface area contributed by atoms with Gasteiger partial charge in [-0.25, -0.2) is 0 Å². The lowest BCUT2D eigenvalue weighted by Crippen LogP contribution is -2.28. The third kappa shape index (κ3) is 6.00. The van der Waals surface area contributed by atoms with Crippen molar-refractivity contribution in [3.8, 4) is 0 Å². The normalized spacial score (nSPS) is 20.4. The highest BCUT2D eigenvalue weighted by Crippen LogP contribution is 2.27. The molecule has 5 heteroatoms. The van der Waals surface area contributed by atoms with Gasteiger partial charge in [-0.3, -0.25) is 9.59 Å². The number of hydrogen-bond donors (Lipinski definition) is 2. The molecule has 0 bridgehead atoms. The number of aliphatic carboxylic acids is 1. The molecule has 1 aliphatic rings. The van der Waals surface area contributed by atoms with Crippen molar-refractivity contribution < 1.29 is 14.7 Å². The van der Waals surface area contributed by atoms with Crippen LogP contribution in [-0.4, -0.2) is 34.5 Å². The molecular weight excluding hydrogens is 226 g/mol. The van der Waals surface area contributed by atoms with Crippen molar-refractivity contribution in [2.45, 2.75) is 43.8 Å². The monoisotopic (exact) mass is 245 g/mol. The van der Waals surface area contributed by atoms with E-state index in [1.807, 2.05) is 11.8 Å². The first kappa shape index (κ1) is 13.4. The molecule has 0 saturated carbocycles. The molecule has 1 unspecified atom stereocenters. The highest BCUT2D eigenvalue weighted by atomic mass is 32.2. The van der Waals surface area contributed by atoms with Gasteiger partial charge in [-0.05, 0) is 25.0 Å². The Morgan fingerprint density at radius 1 is 1.38 bits per heavy atom. The number of carboxylic acids is 1. The SMILES string of the molecule is O=C(O)CCCNC(=O)CC1CCCCS1. The molecule has 0 radical (unpaired) electrons. The van der Waals surface area contributed by atoms with E-state index >= 15 is 0 Å². The summed E-state index contributed by atoms with van der Waals surface area (Å²) in [7, 11) is 0.